The number of hydrogen-bond donors (Lipinski definition) is 4. The number of rotatable bonds is 14. The minimum Gasteiger partial charge on any atom is -0.871 e. The fraction of sp³-hybridized carbons (Fsp3) is 0.115. The van der Waals surface area contributed by atoms with Crippen LogP contribution in [0.5, 0.6) is 23.0 Å². The molecule has 4 N–H and O–H groups in total. The zero-order valence-corrected chi connectivity index (χ0v) is 47.7. The Morgan fingerprint density at radius 1 is 0.627 bits per heavy atom. The van der Waals surface area contributed by atoms with Crippen molar-refractivity contribution in [2.24, 2.45) is 25.4 Å². The van der Waals surface area contributed by atoms with Crippen molar-refractivity contribution in [3.63, 3.8) is 0 Å². The fourth-order valence-corrected chi connectivity index (χ4v) is 10.1. The first kappa shape index (κ1) is 57.9. The Kier molecular flexibility index (Phi) is 19.3. The average Bonchev–Trinajstić information content (AvgIpc) is 3.34. The molecule has 23 heteroatoms. The Balaban J connectivity index is 0.000000241. The van der Waals surface area contributed by atoms with Crippen molar-refractivity contribution in [3.05, 3.63) is 166 Å². The van der Waals surface area contributed by atoms with Crippen molar-refractivity contribution in [2.45, 2.75) is 37.5 Å². The molecule has 0 saturated carbocycles. The van der Waals surface area contributed by atoms with Crippen molar-refractivity contribution in [3.8, 4) is 23.0 Å². The molecule has 8 rings (SSSR count). The number of amides is 1. The Morgan fingerprint density at radius 2 is 1.11 bits per heavy atom. The molecule has 1 amide bonds. The van der Waals surface area contributed by atoms with E-state index in [1.807, 2.05) is 13.8 Å². The van der Waals surface area contributed by atoms with E-state index in [-0.39, 0.29) is 104 Å². The van der Waals surface area contributed by atoms with Crippen LogP contribution in [0.15, 0.2) is 169 Å². The Labute approximate surface area is 481 Å². The molecule has 380 valence electrons. The van der Waals surface area contributed by atoms with Gasteiger partial charge in [0, 0.05) is 28.6 Å². The number of phenols is 1. The van der Waals surface area contributed by atoms with Gasteiger partial charge in [0.05, 0.1) is 51.6 Å². The molecule has 18 nitrogen and oxygen atoms in total. The molecule has 0 fully saturated rings. The van der Waals surface area contributed by atoms with Crippen LogP contribution in [0.4, 0.5) is 34.1 Å². The van der Waals surface area contributed by atoms with E-state index in [4.69, 9.17) is 32.7 Å². The minimum absolute atomic E-state index is 0. The molecule has 0 aromatic heterocycles. The molecule has 75 heavy (non-hydrogen) atoms. The summed E-state index contributed by atoms with van der Waals surface area (Å²) in [6.07, 6.45) is 0. The quantitative estimate of drug-likeness (QED) is 0.0260. The van der Waals surface area contributed by atoms with E-state index in [1.165, 1.54) is 50.2 Å². The number of nitrogens with zero attached hydrogens (tertiary/aromatic N) is 5. The number of benzene rings is 8. The van der Waals surface area contributed by atoms with Crippen molar-refractivity contribution in [2.75, 3.05) is 18.5 Å². The van der Waals surface area contributed by atoms with E-state index >= 15 is 0 Å². The van der Waals surface area contributed by atoms with E-state index in [9.17, 15) is 46.1 Å². The first-order valence-electron chi connectivity index (χ1n) is 22.1. The van der Waals surface area contributed by atoms with Gasteiger partial charge in [-0.15, -0.1) is 5.11 Å². The monoisotopic (exact) mass is 1210 g/mol. The molecule has 8 aromatic rings. The summed E-state index contributed by atoms with van der Waals surface area (Å²) in [5, 5.41) is 58.4. The van der Waals surface area contributed by atoms with Crippen LogP contribution in [0.25, 0.3) is 21.5 Å². The van der Waals surface area contributed by atoms with Crippen LogP contribution in [0.3, 0.4) is 0 Å². The predicted octanol–water partition coefficient (Wildman–Crippen LogP) is 11.8. The van der Waals surface area contributed by atoms with Crippen molar-refractivity contribution < 1.29 is 55.5 Å². The Morgan fingerprint density at radius 3 is 1.64 bits per heavy atom. The van der Waals surface area contributed by atoms with Gasteiger partial charge in [-0.05, 0) is 122 Å². The molecule has 0 bridgehead atoms. The second-order valence-electron chi connectivity index (χ2n) is 15.8. The number of aliphatic imine (C=N–C) groups is 1. The van der Waals surface area contributed by atoms with E-state index in [2.05, 4.69) is 30.8 Å². The summed E-state index contributed by atoms with van der Waals surface area (Å²) in [6, 6.07) is 35.6. The predicted molar refractivity (Wildman–Crippen MR) is 284 cm³/mol. The SMILES string of the molecule is CCOc1cccc(N=C([O-])c2cc3ccccc3c(N=Nc3ccc(Cl)c(S(=O)(=O)O)c3C)c2[O-])c1.CCOc1cccc(NC(=O)c2cc3ccccc3c(N=Nc3ccc(Cl)c(S(=O)(=O)O)c3C)c2O)c1.[Ba+2]. The summed E-state index contributed by atoms with van der Waals surface area (Å²) in [4.78, 5) is 16.2. The molecule has 0 radical (unpaired) electrons. The zero-order valence-electron chi connectivity index (χ0n) is 40.1. The number of carbonyl (C=O) groups excluding carboxylic acids is 1. The summed E-state index contributed by atoms with van der Waals surface area (Å²) < 4.78 is 77.0. The number of hydrogen-bond acceptors (Lipinski definition) is 15. The molecule has 0 saturated heterocycles. The smallest absolute Gasteiger partial charge is 0.871 e. The normalized spacial score (nSPS) is 11.9. The van der Waals surface area contributed by atoms with E-state index in [1.54, 1.807) is 97.1 Å². The molecular formula is C52H42BaCl2N6O12S2. The number of ether oxygens (including phenoxy) is 2. The van der Waals surface area contributed by atoms with E-state index in [0.717, 1.165) is 0 Å². The van der Waals surface area contributed by atoms with Crippen molar-refractivity contribution in [1.82, 2.24) is 0 Å². The second kappa shape index (κ2) is 25.0. The fourth-order valence-electron chi connectivity index (χ4n) is 7.53. The number of halogens is 2. The number of azo groups is 2. The molecule has 0 unspecified atom stereocenters. The number of nitrogens with one attached hydrogen (secondary N) is 1. The van der Waals surface area contributed by atoms with Gasteiger partial charge in [0.2, 0.25) is 0 Å². The first-order chi connectivity index (χ1) is 35.2. The van der Waals surface area contributed by atoms with Gasteiger partial charge >= 0.3 is 48.9 Å². The van der Waals surface area contributed by atoms with Gasteiger partial charge in [-0.25, -0.2) is 0 Å². The number of phenolic OH excluding ortho intramolecular Hbond substituents is 1. The molecule has 0 heterocycles. The molecule has 8 aromatic carbocycles. The van der Waals surface area contributed by atoms with Crippen molar-refractivity contribution in [1.29, 1.82) is 0 Å². The molecular weight excluding hydrogens is 1170 g/mol. The van der Waals surface area contributed by atoms with Crippen LogP contribution in [0.2, 0.25) is 10.0 Å². The third kappa shape index (κ3) is 13.7. The van der Waals surface area contributed by atoms with Crippen LogP contribution in [-0.2, 0) is 20.2 Å². The summed E-state index contributed by atoms with van der Waals surface area (Å²) in [6.45, 7) is 7.41. The molecule has 0 atom stereocenters. The van der Waals surface area contributed by atoms with Crippen LogP contribution in [0.1, 0.15) is 40.9 Å². The molecule has 0 aliphatic rings. The maximum absolute atomic E-state index is 13.4. The van der Waals surface area contributed by atoms with Gasteiger partial charge in [-0.3, -0.25) is 18.9 Å². The molecule has 0 spiro atoms. The van der Waals surface area contributed by atoms with Crippen LogP contribution >= 0.6 is 23.2 Å². The van der Waals surface area contributed by atoms with Gasteiger partial charge < -0.3 is 30.1 Å². The summed E-state index contributed by atoms with van der Waals surface area (Å²) in [7, 11) is -9.24. The van der Waals surface area contributed by atoms with Crippen molar-refractivity contribution >= 4 is 160 Å². The number of carbonyl (C=O) groups is 1. The Hall–Kier alpha value is -6.41. The molecule has 0 aliphatic heterocycles. The summed E-state index contributed by atoms with van der Waals surface area (Å²) >= 11 is 11.9. The standard InChI is InChI=1S/2C26H22ClN3O6S.Ba/c2*1-3-36-18-9-6-8-17(14-18)28-26(32)20-13-16-7-4-5-10-19(16)23(24(20)31)30-29-22-12-11-21(27)25(15(22)2)37(33,34)35;/h2*4-14,31H,3H2,1-2H3,(H,28,32)(H,33,34,35);/q;;+2/p-2. The van der Waals surface area contributed by atoms with Gasteiger partial charge in [-0.1, -0.05) is 89.6 Å². The third-order valence-corrected chi connectivity index (χ3v) is 13.8. The Bertz CT molecular complexity index is 3830. The topological polar surface area (TPSA) is 284 Å². The van der Waals surface area contributed by atoms with Gasteiger partial charge in [0.25, 0.3) is 26.1 Å². The number of fused-ring (bicyclic) bond motifs is 2. The minimum atomic E-state index is -4.63. The molecule has 0 aliphatic carbocycles. The summed E-state index contributed by atoms with van der Waals surface area (Å²) in [5.41, 5.74) is 0.719. The zero-order chi connectivity index (χ0) is 53.5. The van der Waals surface area contributed by atoms with E-state index < -0.39 is 53.3 Å². The third-order valence-electron chi connectivity index (χ3n) is 10.9. The number of anilines is 1. The average molecular weight is 1220 g/mol. The number of aromatic hydroxyl groups is 1. The maximum Gasteiger partial charge on any atom is 2.00 e. The maximum atomic E-state index is 13.4. The van der Waals surface area contributed by atoms with E-state index in [0.29, 0.717) is 57.6 Å². The van der Waals surface area contributed by atoms with Crippen LogP contribution in [-0.4, -0.2) is 105 Å². The largest absolute Gasteiger partial charge is 2.00 e. The van der Waals surface area contributed by atoms with Gasteiger partial charge in [0.15, 0.2) is 5.75 Å². The van der Waals surface area contributed by atoms with Crippen LogP contribution in [0, 0.1) is 13.8 Å². The summed E-state index contributed by atoms with van der Waals surface area (Å²) in [5.74, 6) is -1.34. The van der Waals surface area contributed by atoms with Gasteiger partial charge in [0.1, 0.15) is 27.0 Å². The van der Waals surface area contributed by atoms with Crippen LogP contribution < -0.4 is 25.0 Å². The van der Waals surface area contributed by atoms with Gasteiger partial charge in [-0.2, -0.15) is 32.2 Å². The first-order valence-corrected chi connectivity index (χ1v) is 25.7. The second-order valence-corrected chi connectivity index (χ2v) is 19.4.